The zero-order valence-electron chi connectivity index (χ0n) is 57.0. The lowest BCUT2D eigenvalue weighted by Crippen LogP contribution is -2.51. The normalized spacial score (nSPS) is 11.2. The average molecular weight is 1490 g/mol. The standard InChI is InChI=1S/C24H31BrN2O2Si.C21H17N3O2.C20H15N3O2.C15H11BrN2O2/c1-15(2)30(16(3)4,17(5)6)27-14-22(21-12-19(25)13-26-24(21)27)23(28)18-9-8-10-20(11-18)29-7;1-26-17-9-5-6-14(10-17)20(25)19-13-23-21-18(19)11-16(12-22-21)24-15-7-3-2-4-8-15;24-16-8-4-5-13(9-16)19(25)18-12-22-20-17(18)10-15(11-21-20)23-14-6-2-1-3-7-14;1-20-11-4-2-3-9(5-11)14(19)13-8-18-15-12(13)6-10(16)7-17-15/h8-17H,1-7H3;2-13,24H,1H3,(H,22,23);1-12,23-24H,(H,21,22);2-8H,1H3,(H,17,18). The minimum absolute atomic E-state index is 0.00304. The van der Waals surface area contributed by atoms with E-state index in [0.29, 0.717) is 95.3 Å². The van der Waals surface area contributed by atoms with Crippen molar-refractivity contribution in [2.45, 2.75) is 58.2 Å². The Bertz CT molecular complexity index is 5280. The fraction of sp³-hybridized carbons (Fsp3) is 0.150. The summed E-state index contributed by atoms with van der Waals surface area (Å²) in [6, 6.07) is 55.2. The second-order valence-corrected chi connectivity index (χ2v) is 32.3. The Balaban J connectivity index is 0.000000137. The quantitative estimate of drug-likeness (QED) is 0.0326. The fourth-order valence-electron chi connectivity index (χ4n) is 13.0. The molecule has 0 aliphatic carbocycles. The summed E-state index contributed by atoms with van der Waals surface area (Å²) in [4.78, 5) is 78.8. The lowest BCUT2D eigenvalue weighted by Gasteiger charge is -2.44. The van der Waals surface area contributed by atoms with E-state index in [1.165, 1.54) is 12.1 Å². The fourth-order valence-corrected chi connectivity index (χ4v) is 20.2. The molecule has 21 heteroatoms. The van der Waals surface area contributed by atoms with Gasteiger partial charge in [-0.3, -0.25) is 19.2 Å². The van der Waals surface area contributed by atoms with Crippen molar-refractivity contribution in [3.63, 3.8) is 0 Å². The number of methoxy groups -OCH3 is 3. The number of para-hydroxylation sites is 2. The Labute approximate surface area is 602 Å². The van der Waals surface area contributed by atoms with Crippen LogP contribution in [0, 0.1) is 0 Å². The molecule has 14 aromatic rings. The van der Waals surface area contributed by atoms with E-state index in [1.807, 2.05) is 128 Å². The van der Waals surface area contributed by atoms with Gasteiger partial charge in [-0.2, -0.15) is 0 Å². The summed E-state index contributed by atoms with van der Waals surface area (Å²) in [5.74, 6) is 1.76. The van der Waals surface area contributed by atoms with E-state index in [0.717, 1.165) is 58.9 Å². The topological polar surface area (TPSA) is 244 Å². The van der Waals surface area contributed by atoms with Crippen molar-refractivity contribution < 1.29 is 38.5 Å². The summed E-state index contributed by atoms with van der Waals surface area (Å²) in [7, 11) is 2.71. The highest BCUT2D eigenvalue weighted by Gasteiger charge is 2.47. The second-order valence-electron chi connectivity index (χ2n) is 24.7. The third-order valence-corrected chi connectivity index (χ3v) is 25.2. The summed E-state index contributed by atoms with van der Waals surface area (Å²) >= 11 is 6.92. The molecule has 18 nitrogen and oxygen atoms in total. The van der Waals surface area contributed by atoms with Crippen molar-refractivity contribution in [3.8, 4) is 23.0 Å². The van der Waals surface area contributed by atoms with Crippen LogP contribution in [0.5, 0.6) is 23.0 Å². The number of nitrogens with one attached hydrogen (secondary N) is 5. The highest BCUT2D eigenvalue weighted by Crippen LogP contribution is 2.45. The number of rotatable bonds is 19. The first-order valence-electron chi connectivity index (χ1n) is 32.6. The molecular formula is C80H74Br2N10O8Si. The second kappa shape index (κ2) is 31.7. The number of carbonyl (C=O) groups excluding carboxylic acids is 4. The average Bonchev–Trinajstić information content (AvgIpc) is 1.62. The van der Waals surface area contributed by atoms with E-state index in [4.69, 9.17) is 19.2 Å². The molecule has 0 atom stereocenters. The smallest absolute Gasteiger partial charge is 0.195 e. The molecule has 6 N–H and O–H groups in total. The van der Waals surface area contributed by atoms with Crippen LogP contribution in [0.25, 0.3) is 44.1 Å². The predicted molar refractivity (Wildman–Crippen MR) is 410 cm³/mol. The van der Waals surface area contributed by atoms with Crippen LogP contribution in [0.4, 0.5) is 22.7 Å². The highest BCUT2D eigenvalue weighted by molar-refractivity contribution is 9.10. The third kappa shape index (κ3) is 15.8. The molecule has 0 aliphatic heterocycles. The molecular weight excluding hydrogens is 1420 g/mol. The molecule has 0 aliphatic rings. The summed E-state index contributed by atoms with van der Waals surface area (Å²) < 4.78 is 19.8. The molecule has 0 saturated carbocycles. The van der Waals surface area contributed by atoms with Gasteiger partial charge in [0.05, 0.1) is 45.1 Å². The van der Waals surface area contributed by atoms with E-state index in [1.54, 1.807) is 107 Å². The molecule has 0 spiro atoms. The SMILES string of the molecule is COc1cccc(C(=O)c2c[nH]c3ncc(Br)cc23)c1.COc1cccc(C(=O)c2c[nH]c3ncc(Nc4ccccc4)cc23)c1.COc1cccc(C(=O)c2cn([Si](C(C)C)(C(C)C)C(C)C)c3ncc(Br)cc23)c1.O=C(c1cccc(O)c1)c1c[nH]c2ncc(Nc3ccccc3)cc12. The van der Waals surface area contributed by atoms with Gasteiger partial charge in [0.1, 0.15) is 45.6 Å². The number of ether oxygens (including phenoxy) is 3. The van der Waals surface area contributed by atoms with E-state index >= 15 is 0 Å². The van der Waals surface area contributed by atoms with Crippen LogP contribution < -0.4 is 24.8 Å². The molecule has 0 amide bonds. The highest BCUT2D eigenvalue weighted by atomic mass is 79.9. The van der Waals surface area contributed by atoms with Crippen LogP contribution in [0.15, 0.2) is 241 Å². The Morgan fingerprint density at radius 1 is 0.416 bits per heavy atom. The molecule has 0 unspecified atom stereocenters. The van der Waals surface area contributed by atoms with Crippen LogP contribution in [0.2, 0.25) is 16.6 Å². The maximum Gasteiger partial charge on any atom is 0.195 e. The Morgan fingerprint density at radius 2 is 0.772 bits per heavy atom. The van der Waals surface area contributed by atoms with Crippen LogP contribution in [-0.4, -0.2) is 96.9 Å². The van der Waals surface area contributed by atoms with Gasteiger partial charge in [-0.25, -0.2) is 19.9 Å². The number of benzene rings is 6. The number of carbonyl (C=O) groups is 4. The maximum atomic E-state index is 13.6. The molecule has 0 fully saturated rings. The van der Waals surface area contributed by atoms with Gasteiger partial charge < -0.3 is 49.1 Å². The van der Waals surface area contributed by atoms with Crippen molar-refractivity contribution in [3.05, 3.63) is 285 Å². The maximum absolute atomic E-state index is 13.6. The van der Waals surface area contributed by atoms with Gasteiger partial charge in [0.15, 0.2) is 31.4 Å². The number of nitrogens with zero attached hydrogens (tertiary/aromatic N) is 5. The number of H-pyrrole nitrogens is 3. The van der Waals surface area contributed by atoms with Gasteiger partial charge in [-0.05, 0) is 146 Å². The van der Waals surface area contributed by atoms with E-state index < -0.39 is 8.24 Å². The number of phenolic OH excluding ortho intramolecular Hbond substituents is 1. The number of ketones is 4. The van der Waals surface area contributed by atoms with E-state index in [2.05, 4.69) is 124 Å². The number of halogens is 2. The summed E-state index contributed by atoms with van der Waals surface area (Å²) in [5, 5.41) is 19.4. The minimum Gasteiger partial charge on any atom is -0.508 e. The molecule has 8 heterocycles. The zero-order valence-corrected chi connectivity index (χ0v) is 61.1. The Kier molecular flexibility index (Phi) is 22.3. The van der Waals surface area contributed by atoms with Crippen molar-refractivity contribution in [2.75, 3.05) is 32.0 Å². The lowest BCUT2D eigenvalue weighted by atomic mass is 10.0. The Morgan fingerprint density at radius 3 is 1.17 bits per heavy atom. The number of phenols is 1. The lowest BCUT2D eigenvalue weighted by molar-refractivity contribution is 0.103. The molecule has 8 aromatic heterocycles. The van der Waals surface area contributed by atoms with Crippen molar-refractivity contribution >= 4 is 130 Å². The molecule has 101 heavy (non-hydrogen) atoms. The number of pyridine rings is 4. The minimum atomic E-state index is -2.07. The summed E-state index contributed by atoms with van der Waals surface area (Å²) in [6.45, 7) is 13.9. The third-order valence-electron chi connectivity index (χ3n) is 17.6. The zero-order chi connectivity index (χ0) is 71.5. The van der Waals surface area contributed by atoms with Gasteiger partial charge in [-0.15, -0.1) is 0 Å². The van der Waals surface area contributed by atoms with Gasteiger partial charge in [-0.1, -0.05) is 126 Å². The number of aromatic hydroxyl groups is 1. The molecule has 14 rings (SSSR count). The number of anilines is 4. The molecule has 0 saturated heterocycles. The monoisotopic (exact) mass is 1490 g/mol. The number of hydrogen-bond acceptors (Lipinski definition) is 14. The van der Waals surface area contributed by atoms with Crippen molar-refractivity contribution in [1.82, 2.24) is 39.1 Å². The van der Waals surface area contributed by atoms with Crippen LogP contribution in [0.1, 0.15) is 105 Å². The number of aromatic nitrogens is 8. The summed E-state index contributed by atoms with van der Waals surface area (Å²) in [6.07, 6.45) is 14.1. The number of aromatic amines is 3. The van der Waals surface area contributed by atoms with Gasteiger partial charge in [0.2, 0.25) is 0 Å². The van der Waals surface area contributed by atoms with E-state index in [-0.39, 0.29) is 28.9 Å². The first-order chi connectivity index (χ1) is 48.8. The predicted octanol–water partition coefficient (Wildman–Crippen LogP) is 19.4. The van der Waals surface area contributed by atoms with Crippen molar-refractivity contribution in [1.29, 1.82) is 0 Å². The van der Waals surface area contributed by atoms with Crippen LogP contribution >= 0.6 is 31.9 Å². The molecule has 510 valence electrons. The molecule has 0 bridgehead atoms. The van der Waals surface area contributed by atoms with E-state index in [9.17, 15) is 24.3 Å². The largest absolute Gasteiger partial charge is 0.508 e. The van der Waals surface area contributed by atoms with Crippen LogP contribution in [-0.2, 0) is 0 Å². The first kappa shape index (κ1) is 71.0. The Hall–Kier alpha value is -11.3. The van der Waals surface area contributed by atoms with Crippen LogP contribution in [0.3, 0.4) is 0 Å². The van der Waals surface area contributed by atoms with Crippen molar-refractivity contribution in [2.24, 2.45) is 0 Å². The molecule has 6 aromatic carbocycles. The summed E-state index contributed by atoms with van der Waals surface area (Å²) in [5.41, 5.74) is 12.6. The van der Waals surface area contributed by atoms with Gasteiger partial charge in [0, 0.05) is 124 Å². The van der Waals surface area contributed by atoms with Gasteiger partial charge in [0.25, 0.3) is 0 Å². The van der Waals surface area contributed by atoms with Gasteiger partial charge >= 0.3 is 0 Å². The number of fused-ring (bicyclic) bond motifs is 4. The number of hydrogen-bond donors (Lipinski definition) is 6. The molecule has 0 radical (unpaired) electrons. The first-order valence-corrected chi connectivity index (χ1v) is 36.3.